The first kappa shape index (κ1) is 5.86. The van der Waals surface area contributed by atoms with E-state index < -0.39 is 5.97 Å². The van der Waals surface area contributed by atoms with Crippen molar-refractivity contribution in [3.63, 3.8) is 0 Å². The summed E-state index contributed by atoms with van der Waals surface area (Å²) in [5.41, 5.74) is 1.77. The van der Waals surface area contributed by atoms with Crippen LogP contribution in [0.3, 0.4) is 0 Å². The molecule has 0 radical (unpaired) electrons. The van der Waals surface area contributed by atoms with Crippen LogP contribution in [0.5, 0.6) is 0 Å². The molecule has 0 aromatic rings. The van der Waals surface area contributed by atoms with Gasteiger partial charge in [0.2, 0.25) is 0 Å². The van der Waals surface area contributed by atoms with E-state index in [0.717, 1.165) is 6.26 Å². The number of rotatable bonds is 1. The first-order valence-corrected chi connectivity index (χ1v) is 2.06. The quantitative estimate of drug-likeness (QED) is 0.427. The van der Waals surface area contributed by atoms with Crippen molar-refractivity contribution in [3.8, 4) is 0 Å². The van der Waals surface area contributed by atoms with Crippen LogP contribution in [0.1, 0.15) is 0 Å². The molecule has 0 amide bonds. The highest BCUT2D eigenvalue weighted by atomic mass is 16.9. The zero-order chi connectivity index (χ0) is 6.85. The van der Waals surface area contributed by atoms with Gasteiger partial charge < -0.3 is 9.94 Å². The van der Waals surface area contributed by atoms with Gasteiger partial charge >= 0.3 is 5.97 Å². The molecule has 1 heterocycles. The summed E-state index contributed by atoms with van der Waals surface area (Å²) < 4.78 is 0. The molecule has 1 rings (SSSR count). The topological polar surface area (TPSA) is 82.0 Å². The monoisotopic (exact) mass is 132 g/mol. The molecule has 50 valence electrons. The second-order valence-electron chi connectivity index (χ2n) is 1.33. The average molecular weight is 132 g/mol. The Labute approximate surface area is 49.8 Å². The Bertz CT molecular complexity index is 165. The van der Waals surface area contributed by atoms with Crippen LogP contribution in [0.2, 0.25) is 0 Å². The van der Waals surface area contributed by atoms with Crippen molar-refractivity contribution < 1.29 is 19.9 Å². The summed E-state index contributed by atoms with van der Waals surface area (Å²) in [6.45, 7) is 0. The molecule has 0 saturated heterocycles. The summed E-state index contributed by atoms with van der Waals surface area (Å²) in [5.74, 6) is -1.19. The van der Waals surface area contributed by atoms with E-state index in [1.165, 1.54) is 0 Å². The molecule has 0 atom stereocenters. The molecule has 3 N–H and O–H groups in total. The lowest BCUT2D eigenvalue weighted by molar-refractivity contribution is -0.323. The van der Waals surface area contributed by atoms with E-state index >= 15 is 0 Å². The number of aliphatic carboxylic acids is 1. The van der Waals surface area contributed by atoms with Crippen molar-refractivity contribution in [2.45, 2.75) is 0 Å². The van der Waals surface area contributed by atoms with Crippen molar-refractivity contribution in [3.05, 3.63) is 12.0 Å². The minimum Gasteiger partial charge on any atom is -0.476 e. The molecule has 0 bridgehead atoms. The van der Waals surface area contributed by atoms with Gasteiger partial charge in [0, 0.05) is 0 Å². The van der Waals surface area contributed by atoms with Crippen molar-refractivity contribution in [1.29, 1.82) is 0 Å². The third-order valence-corrected chi connectivity index (χ3v) is 0.717. The fourth-order valence-electron chi connectivity index (χ4n) is 0.357. The number of hydrogen-bond acceptors (Lipinski definition) is 5. The van der Waals surface area contributed by atoms with Gasteiger partial charge in [-0.3, -0.25) is 10.6 Å². The number of nitrogens with zero attached hydrogens (tertiary/aromatic N) is 1. The molecule has 0 aliphatic carbocycles. The molecule has 0 unspecified atom stereocenters. The van der Waals surface area contributed by atoms with Gasteiger partial charge in [0.05, 0.1) is 5.34 Å². The average Bonchev–Trinajstić information content (AvgIpc) is 2.14. The van der Waals surface area contributed by atoms with Gasteiger partial charge in [-0.1, -0.05) is 0 Å². The number of nitrogens with one attached hydrogen (secondary N) is 1. The van der Waals surface area contributed by atoms with Gasteiger partial charge in [0.15, 0.2) is 5.70 Å². The SMILES string of the molecule is O=C(O)C1=CON(O)N1. The Balaban J connectivity index is 2.55. The second kappa shape index (κ2) is 1.92. The van der Waals surface area contributed by atoms with E-state index in [1.807, 2.05) is 5.43 Å². The van der Waals surface area contributed by atoms with Crippen LogP contribution < -0.4 is 5.43 Å². The molecule has 0 fully saturated rings. The van der Waals surface area contributed by atoms with Crippen LogP contribution in [-0.4, -0.2) is 21.6 Å². The lowest BCUT2D eigenvalue weighted by Crippen LogP contribution is -2.29. The number of hydrogen-bond donors (Lipinski definition) is 3. The van der Waals surface area contributed by atoms with E-state index in [9.17, 15) is 4.79 Å². The van der Waals surface area contributed by atoms with Crippen molar-refractivity contribution in [1.82, 2.24) is 10.8 Å². The summed E-state index contributed by atoms with van der Waals surface area (Å²) in [5, 5.41) is 16.7. The minimum atomic E-state index is -1.19. The Hall–Kier alpha value is -1.27. The normalized spacial score (nSPS) is 18.1. The van der Waals surface area contributed by atoms with E-state index in [2.05, 4.69) is 4.84 Å². The first-order chi connectivity index (χ1) is 4.20. The second-order valence-corrected chi connectivity index (χ2v) is 1.33. The molecule has 0 spiro atoms. The largest absolute Gasteiger partial charge is 0.476 e. The van der Waals surface area contributed by atoms with Crippen LogP contribution >= 0.6 is 0 Å². The highest BCUT2D eigenvalue weighted by Gasteiger charge is 2.17. The Morgan fingerprint density at radius 2 is 2.56 bits per heavy atom. The summed E-state index contributed by atoms with van der Waals surface area (Å²) in [6, 6.07) is 0. The van der Waals surface area contributed by atoms with Gasteiger partial charge in [-0.05, 0) is 0 Å². The molecule has 1 aliphatic heterocycles. The van der Waals surface area contributed by atoms with Gasteiger partial charge in [-0.25, -0.2) is 4.79 Å². The van der Waals surface area contributed by atoms with Gasteiger partial charge in [-0.15, -0.1) is 0 Å². The molecule has 9 heavy (non-hydrogen) atoms. The van der Waals surface area contributed by atoms with Crippen LogP contribution in [0.4, 0.5) is 0 Å². The molecule has 0 saturated carbocycles. The van der Waals surface area contributed by atoms with Crippen LogP contribution in [0.25, 0.3) is 0 Å². The summed E-state index contributed by atoms with van der Waals surface area (Å²) in [7, 11) is 0. The van der Waals surface area contributed by atoms with E-state index in [4.69, 9.17) is 10.3 Å². The first-order valence-electron chi connectivity index (χ1n) is 2.06. The maximum absolute atomic E-state index is 10.00. The maximum atomic E-state index is 10.00. The van der Waals surface area contributed by atoms with Gasteiger partial charge in [-0.2, -0.15) is 0 Å². The summed E-state index contributed by atoms with van der Waals surface area (Å²) >= 11 is 0. The summed E-state index contributed by atoms with van der Waals surface area (Å²) in [4.78, 5) is 14.2. The van der Waals surface area contributed by atoms with Crippen molar-refractivity contribution in [2.75, 3.05) is 0 Å². The fourth-order valence-corrected chi connectivity index (χ4v) is 0.357. The Kier molecular flexibility index (Phi) is 1.25. The number of carbonyl (C=O) groups is 1. The van der Waals surface area contributed by atoms with Crippen molar-refractivity contribution >= 4 is 5.97 Å². The minimum absolute atomic E-state index is 0.198. The standard InChI is InChI=1S/C3H4N2O4/c6-3(7)2-1-9-5(8)4-2/h1,4,8H,(H,6,7). The number of hydrazine groups is 1. The van der Waals surface area contributed by atoms with E-state index in [1.54, 1.807) is 0 Å². The maximum Gasteiger partial charge on any atom is 0.356 e. The smallest absolute Gasteiger partial charge is 0.356 e. The highest BCUT2D eigenvalue weighted by molar-refractivity contribution is 5.85. The lowest BCUT2D eigenvalue weighted by atomic mass is 10.5. The molecular formula is C3H4N2O4. The number of carboxylic acids is 1. The van der Waals surface area contributed by atoms with Crippen LogP contribution in [0.15, 0.2) is 12.0 Å². The third-order valence-electron chi connectivity index (χ3n) is 0.717. The number of carboxylic acid groups (broad SMARTS) is 1. The molecule has 6 heteroatoms. The molecule has 6 nitrogen and oxygen atoms in total. The Morgan fingerprint density at radius 1 is 1.89 bits per heavy atom. The van der Waals surface area contributed by atoms with Gasteiger partial charge in [0.1, 0.15) is 6.26 Å². The van der Waals surface area contributed by atoms with E-state index in [-0.39, 0.29) is 11.0 Å². The van der Waals surface area contributed by atoms with Crippen molar-refractivity contribution in [2.24, 2.45) is 0 Å². The zero-order valence-electron chi connectivity index (χ0n) is 4.24. The Morgan fingerprint density at radius 3 is 2.78 bits per heavy atom. The fraction of sp³-hybridized carbons (Fsp3) is 0. The van der Waals surface area contributed by atoms with E-state index in [0.29, 0.717) is 0 Å². The zero-order valence-corrected chi connectivity index (χ0v) is 4.24. The molecular weight excluding hydrogens is 128 g/mol. The molecule has 0 aromatic heterocycles. The molecule has 1 aliphatic rings. The summed E-state index contributed by atoms with van der Waals surface area (Å²) in [6.07, 6.45) is 0.877. The van der Waals surface area contributed by atoms with Crippen LogP contribution in [0, 0.1) is 0 Å². The molecule has 0 aromatic carbocycles. The highest BCUT2D eigenvalue weighted by Crippen LogP contribution is 1.99. The predicted octanol–water partition coefficient (Wildman–Crippen LogP) is -0.947. The third kappa shape index (κ3) is 1.09. The predicted molar refractivity (Wildman–Crippen MR) is 23.6 cm³/mol. The van der Waals surface area contributed by atoms with Gasteiger partial charge in [0.25, 0.3) is 0 Å². The lowest BCUT2D eigenvalue weighted by Gasteiger charge is -2.02. The van der Waals surface area contributed by atoms with Crippen LogP contribution in [-0.2, 0) is 9.63 Å².